The van der Waals surface area contributed by atoms with Crippen molar-refractivity contribution in [3.63, 3.8) is 0 Å². The normalized spacial score (nSPS) is 18.4. The van der Waals surface area contributed by atoms with Gasteiger partial charge in [-0.1, -0.05) is 11.3 Å². The Morgan fingerprint density at radius 3 is 3.13 bits per heavy atom. The number of carbonyl (C=O) groups is 1. The van der Waals surface area contributed by atoms with Crippen LogP contribution in [0.3, 0.4) is 0 Å². The summed E-state index contributed by atoms with van der Waals surface area (Å²) in [5.74, 6) is 0.153. The topological polar surface area (TPSA) is 50.1 Å². The Hall–Kier alpha value is -1.44. The molecular weight excluding hydrogens is 312 g/mol. The van der Waals surface area contributed by atoms with E-state index >= 15 is 0 Å². The van der Waals surface area contributed by atoms with Crippen molar-refractivity contribution in [1.29, 1.82) is 0 Å². The van der Waals surface area contributed by atoms with Gasteiger partial charge in [0.15, 0.2) is 4.96 Å². The zero-order chi connectivity index (χ0) is 16.4. The Bertz CT molecular complexity index is 681. The molecule has 1 atom stereocenters. The highest BCUT2D eigenvalue weighted by Crippen LogP contribution is 2.27. The van der Waals surface area contributed by atoms with Crippen LogP contribution in [0.25, 0.3) is 4.96 Å². The maximum absolute atomic E-state index is 13.0. The number of aromatic nitrogens is 2. The number of carbonyl (C=O) groups excluding carboxylic acids is 1. The summed E-state index contributed by atoms with van der Waals surface area (Å²) < 4.78 is 7.12. The Labute approximate surface area is 140 Å². The summed E-state index contributed by atoms with van der Waals surface area (Å²) in [6, 6.07) is 0.290. The molecule has 7 heteroatoms. The average Bonchev–Trinajstić information content (AvgIpc) is 3.23. The largest absolute Gasteiger partial charge is 0.383 e. The maximum Gasteiger partial charge on any atom is 0.266 e. The van der Waals surface area contributed by atoms with Crippen molar-refractivity contribution >= 4 is 22.2 Å². The van der Waals surface area contributed by atoms with Gasteiger partial charge in [-0.3, -0.25) is 9.20 Å². The number of rotatable bonds is 6. The number of hydrogen-bond donors (Lipinski definition) is 0. The molecule has 0 aliphatic carbocycles. The van der Waals surface area contributed by atoms with Gasteiger partial charge in [0.2, 0.25) is 0 Å². The highest BCUT2D eigenvalue weighted by atomic mass is 32.1. The SMILES string of the molecule is COCCN(C)C[C@H]1CCCN1C(=O)c1sc2nccn2c1C. The lowest BCUT2D eigenvalue weighted by molar-refractivity contribution is 0.0701. The lowest BCUT2D eigenvalue weighted by atomic mass is 10.2. The molecule has 0 radical (unpaired) electrons. The minimum Gasteiger partial charge on any atom is -0.383 e. The quantitative estimate of drug-likeness (QED) is 0.808. The van der Waals surface area contributed by atoms with Crippen LogP contribution >= 0.6 is 11.3 Å². The van der Waals surface area contributed by atoms with Gasteiger partial charge < -0.3 is 14.5 Å². The van der Waals surface area contributed by atoms with E-state index in [-0.39, 0.29) is 11.9 Å². The third-order valence-corrected chi connectivity index (χ3v) is 5.68. The molecule has 0 saturated carbocycles. The van der Waals surface area contributed by atoms with Gasteiger partial charge in [0, 0.05) is 50.9 Å². The number of methoxy groups -OCH3 is 1. The number of hydrogen-bond acceptors (Lipinski definition) is 5. The van der Waals surface area contributed by atoms with E-state index in [1.807, 2.05) is 22.4 Å². The van der Waals surface area contributed by atoms with Crippen molar-refractivity contribution in [3.8, 4) is 0 Å². The van der Waals surface area contributed by atoms with E-state index in [1.165, 1.54) is 11.3 Å². The van der Waals surface area contributed by atoms with E-state index in [0.717, 1.165) is 54.6 Å². The van der Waals surface area contributed by atoms with Gasteiger partial charge >= 0.3 is 0 Å². The van der Waals surface area contributed by atoms with Gasteiger partial charge in [-0.15, -0.1) is 0 Å². The number of aryl methyl sites for hydroxylation is 1. The van der Waals surface area contributed by atoms with Gasteiger partial charge in [0.1, 0.15) is 4.88 Å². The van der Waals surface area contributed by atoms with E-state index in [4.69, 9.17) is 4.74 Å². The standard InChI is InChI=1S/C16H24N4O2S/c1-12-14(23-16-17-6-8-19(12)16)15(21)20-7-4-5-13(20)11-18(2)9-10-22-3/h6,8,13H,4-5,7,9-11H2,1-3H3/t13-/m1/s1. The van der Waals surface area contributed by atoms with Crippen LogP contribution in [0, 0.1) is 6.92 Å². The maximum atomic E-state index is 13.0. The van der Waals surface area contributed by atoms with Gasteiger partial charge in [0.25, 0.3) is 5.91 Å². The zero-order valence-corrected chi connectivity index (χ0v) is 14.8. The van der Waals surface area contributed by atoms with Crippen molar-refractivity contribution in [2.24, 2.45) is 0 Å². The molecule has 2 aromatic rings. The summed E-state index contributed by atoms with van der Waals surface area (Å²) in [5.41, 5.74) is 0.992. The van der Waals surface area contributed by atoms with Gasteiger partial charge in [0.05, 0.1) is 6.61 Å². The number of nitrogens with zero attached hydrogens (tertiary/aromatic N) is 4. The summed E-state index contributed by atoms with van der Waals surface area (Å²) in [4.78, 5) is 23.3. The molecule has 1 aliphatic heterocycles. The molecule has 6 nitrogen and oxygen atoms in total. The number of ether oxygens (including phenoxy) is 1. The minimum atomic E-state index is 0.153. The monoisotopic (exact) mass is 336 g/mol. The lowest BCUT2D eigenvalue weighted by Crippen LogP contribution is -2.42. The molecule has 0 aromatic carbocycles. The van der Waals surface area contributed by atoms with E-state index in [9.17, 15) is 4.79 Å². The first kappa shape index (κ1) is 16.4. The fourth-order valence-electron chi connectivity index (χ4n) is 3.21. The summed E-state index contributed by atoms with van der Waals surface area (Å²) in [6.07, 6.45) is 5.84. The van der Waals surface area contributed by atoms with Gasteiger partial charge in [-0.2, -0.15) is 0 Å². The van der Waals surface area contributed by atoms with Crippen molar-refractivity contribution in [3.05, 3.63) is 23.0 Å². The fraction of sp³-hybridized carbons (Fsp3) is 0.625. The molecule has 0 N–H and O–H groups in total. The van der Waals surface area contributed by atoms with E-state index in [1.54, 1.807) is 13.3 Å². The Kier molecular flexibility index (Phi) is 4.99. The van der Waals surface area contributed by atoms with Gasteiger partial charge in [-0.25, -0.2) is 4.98 Å². The molecular formula is C16H24N4O2S. The van der Waals surface area contributed by atoms with Crippen molar-refractivity contribution in [2.45, 2.75) is 25.8 Å². The van der Waals surface area contributed by atoms with Crippen molar-refractivity contribution in [1.82, 2.24) is 19.2 Å². The zero-order valence-electron chi connectivity index (χ0n) is 14.0. The molecule has 2 aromatic heterocycles. The third kappa shape index (κ3) is 3.27. The van der Waals surface area contributed by atoms with E-state index < -0.39 is 0 Å². The summed E-state index contributed by atoms with van der Waals surface area (Å²) in [7, 11) is 3.81. The second-order valence-electron chi connectivity index (χ2n) is 6.15. The first-order chi connectivity index (χ1) is 11.1. The molecule has 1 fully saturated rings. The fourth-order valence-corrected chi connectivity index (χ4v) is 4.26. The Morgan fingerprint density at radius 2 is 2.39 bits per heavy atom. The van der Waals surface area contributed by atoms with E-state index in [2.05, 4.69) is 16.9 Å². The first-order valence-electron chi connectivity index (χ1n) is 8.02. The van der Waals surface area contributed by atoms with Crippen LogP contribution in [0.1, 0.15) is 28.2 Å². The van der Waals surface area contributed by atoms with Crippen molar-refractivity contribution in [2.75, 3.05) is 40.4 Å². The smallest absolute Gasteiger partial charge is 0.266 e. The molecule has 1 aliphatic rings. The molecule has 0 spiro atoms. The number of likely N-dealkylation sites (tertiary alicyclic amines) is 1. The molecule has 23 heavy (non-hydrogen) atoms. The second-order valence-corrected chi connectivity index (χ2v) is 7.12. The number of amides is 1. The van der Waals surface area contributed by atoms with Crippen LogP contribution in [0.2, 0.25) is 0 Å². The Morgan fingerprint density at radius 1 is 1.57 bits per heavy atom. The number of imidazole rings is 1. The molecule has 126 valence electrons. The minimum absolute atomic E-state index is 0.153. The molecule has 1 amide bonds. The molecule has 1 saturated heterocycles. The summed E-state index contributed by atoms with van der Waals surface area (Å²) in [5, 5.41) is 0. The Balaban J connectivity index is 1.72. The third-order valence-electron chi connectivity index (χ3n) is 4.52. The first-order valence-corrected chi connectivity index (χ1v) is 8.84. The molecule has 3 rings (SSSR count). The summed E-state index contributed by atoms with van der Waals surface area (Å²) in [6.45, 7) is 5.35. The van der Waals surface area contributed by atoms with Crippen LogP contribution in [0.15, 0.2) is 12.4 Å². The lowest BCUT2D eigenvalue weighted by Gasteiger charge is -2.28. The predicted octanol–water partition coefficient (Wildman–Crippen LogP) is 1.89. The van der Waals surface area contributed by atoms with Crippen LogP contribution in [0.5, 0.6) is 0 Å². The number of fused-ring (bicyclic) bond motifs is 1. The number of thiazole rings is 1. The average molecular weight is 336 g/mol. The highest BCUT2D eigenvalue weighted by Gasteiger charge is 2.32. The van der Waals surface area contributed by atoms with Crippen LogP contribution < -0.4 is 0 Å². The molecule has 3 heterocycles. The predicted molar refractivity (Wildman–Crippen MR) is 91.2 cm³/mol. The van der Waals surface area contributed by atoms with Crippen LogP contribution in [-0.2, 0) is 4.74 Å². The second kappa shape index (κ2) is 6.98. The van der Waals surface area contributed by atoms with Crippen molar-refractivity contribution < 1.29 is 9.53 Å². The van der Waals surface area contributed by atoms with Crippen LogP contribution in [-0.4, -0.2) is 71.5 Å². The summed E-state index contributed by atoms with van der Waals surface area (Å²) >= 11 is 1.49. The number of likely N-dealkylation sites (N-methyl/N-ethyl adjacent to an activating group) is 1. The van der Waals surface area contributed by atoms with E-state index in [0.29, 0.717) is 0 Å². The van der Waals surface area contributed by atoms with Gasteiger partial charge in [-0.05, 0) is 26.8 Å². The molecule has 0 unspecified atom stereocenters. The van der Waals surface area contributed by atoms with Crippen LogP contribution in [0.4, 0.5) is 0 Å². The molecule has 0 bridgehead atoms. The highest BCUT2D eigenvalue weighted by molar-refractivity contribution is 7.19.